The van der Waals surface area contributed by atoms with Gasteiger partial charge in [0.15, 0.2) is 0 Å². The molecule has 2 atom stereocenters. The Hall–Kier alpha value is -3.12. The number of benzene rings is 3. The van der Waals surface area contributed by atoms with Gasteiger partial charge < -0.3 is 9.84 Å². The van der Waals surface area contributed by atoms with Crippen LogP contribution in [0.1, 0.15) is 65.5 Å². The number of rotatable bonds is 11. The summed E-state index contributed by atoms with van der Waals surface area (Å²) in [5.41, 5.74) is 10.2. The van der Waals surface area contributed by atoms with Crippen LogP contribution in [-0.4, -0.2) is 37.6 Å². The molecule has 6 heteroatoms. The van der Waals surface area contributed by atoms with Crippen LogP contribution in [0.25, 0.3) is 11.1 Å². The van der Waals surface area contributed by atoms with E-state index < -0.39 is 15.8 Å². The van der Waals surface area contributed by atoms with Gasteiger partial charge in [0.05, 0.1) is 18.3 Å². The molecule has 1 fully saturated rings. The van der Waals surface area contributed by atoms with Gasteiger partial charge in [0.2, 0.25) is 0 Å². The fourth-order valence-electron chi connectivity index (χ4n) is 5.86. The smallest absolute Gasteiger partial charge is 0.307 e. The summed E-state index contributed by atoms with van der Waals surface area (Å²) in [6.07, 6.45) is 6.29. The van der Waals surface area contributed by atoms with Gasteiger partial charge in [0.1, 0.15) is 15.6 Å². The Balaban J connectivity index is 1.27. The maximum atomic E-state index is 11.8. The monoisotopic (exact) mass is 546 g/mol. The second-order valence-corrected chi connectivity index (χ2v) is 13.6. The summed E-state index contributed by atoms with van der Waals surface area (Å²) in [6, 6.07) is 19.6. The number of fused-ring (bicyclic) bond motifs is 3. The van der Waals surface area contributed by atoms with Crippen molar-refractivity contribution < 1.29 is 23.1 Å². The topological polar surface area (TPSA) is 80.7 Å². The molecule has 0 spiro atoms. The molecule has 39 heavy (non-hydrogen) atoms. The van der Waals surface area contributed by atoms with Crippen molar-refractivity contribution in [1.82, 2.24) is 0 Å². The van der Waals surface area contributed by atoms with Gasteiger partial charge in [-0.1, -0.05) is 49.4 Å². The molecule has 0 bridgehead atoms. The lowest BCUT2D eigenvalue weighted by molar-refractivity contribution is -0.138. The van der Waals surface area contributed by atoms with Crippen molar-refractivity contribution in [1.29, 1.82) is 0 Å². The zero-order chi connectivity index (χ0) is 27.6. The Kier molecular flexibility index (Phi) is 8.13. The molecule has 1 N–H and O–H groups in total. The first-order valence-corrected chi connectivity index (χ1v) is 16.0. The van der Waals surface area contributed by atoms with Crippen LogP contribution in [0.4, 0.5) is 0 Å². The van der Waals surface area contributed by atoms with Gasteiger partial charge >= 0.3 is 5.97 Å². The first kappa shape index (κ1) is 27.4. The van der Waals surface area contributed by atoms with Gasteiger partial charge in [-0.2, -0.15) is 0 Å². The van der Waals surface area contributed by atoms with Gasteiger partial charge in [-0.25, -0.2) is 8.42 Å². The largest absolute Gasteiger partial charge is 0.494 e. The number of sulfone groups is 1. The predicted octanol–water partition coefficient (Wildman–Crippen LogP) is 6.33. The highest BCUT2D eigenvalue weighted by molar-refractivity contribution is 7.91. The Labute approximate surface area is 232 Å². The van der Waals surface area contributed by atoms with E-state index >= 15 is 0 Å². The fourth-order valence-corrected chi connectivity index (χ4v) is 6.71. The van der Waals surface area contributed by atoms with Crippen molar-refractivity contribution in [2.24, 2.45) is 5.92 Å². The van der Waals surface area contributed by atoms with E-state index in [4.69, 9.17) is 4.74 Å². The van der Waals surface area contributed by atoms with E-state index in [1.54, 1.807) is 6.92 Å². The number of carboxylic acid groups (broad SMARTS) is 1. The molecular formula is C33H38O5S. The molecular weight excluding hydrogens is 508 g/mol. The molecule has 3 aromatic rings. The van der Waals surface area contributed by atoms with Crippen molar-refractivity contribution in [3.63, 3.8) is 0 Å². The number of hydrogen-bond donors (Lipinski definition) is 1. The summed E-state index contributed by atoms with van der Waals surface area (Å²) < 4.78 is 29.5. The van der Waals surface area contributed by atoms with Crippen molar-refractivity contribution in [3.8, 4) is 16.9 Å². The van der Waals surface area contributed by atoms with Gasteiger partial charge in [-0.15, -0.1) is 0 Å². The minimum Gasteiger partial charge on any atom is -0.494 e. The number of hydrogen-bond acceptors (Lipinski definition) is 4. The van der Waals surface area contributed by atoms with E-state index in [0.29, 0.717) is 13.0 Å². The van der Waals surface area contributed by atoms with E-state index in [9.17, 15) is 18.3 Å². The third-order valence-electron chi connectivity index (χ3n) is 8.25. The molecule has 5 rings (SSSR count). The quantitative estimate of drug-likeness (QED) is 0.284. The molecule has 0 aliphatic heterocycles. The normalized spacial score (nSPS) is 18.1. The van der Waals surface area contributed by atoms with Crippen LogP contribution in [0.5, 0.6) is 5.75 Å². The molecule has 0 saturated heterocycles. The minimum atomic E-state index is -2.97. The first-order valence-electron chi connectivity index (χ1n) is 14.1. The van der Waals surface area contributed by atoms with Crippen molar-refractivity contribution in [3.05, 3.63) is 88.0 Å². The van der Waals surface area contributed by atoms with Gasteiger partial charge in [0.25, 0.3) is 0 Å². The van der Waals surface area contributed by atoms with Crippen molar-refractivity contribution >= 4 is 15.8 Å². The average molecular weight is 547 g/mol. The second-order valence-electron chi connectivity index (χ2n) is 11.1. The molecule has 206 valence electrons. The summed E-state index contributed by atoms with van der Waals surface area (Å²) in [4.78, 5) is 11.2. The number of aliphatic carboxylic acids is 1. The predicted molar refractivity (Wildman–Crippen MR) is 155 cm³/mol. The molecule has 0 amide bonds. The SMILES string of the molecule is CCS(=O)(=O)CCCOc1cc(C)c2c(c1)CCCc1ccc(CCc3ccc([C@H]4C[C@@H]4C(=O)O)cc3)cc1-2. The zero-order valence-corrected chi connectivity index (χ0v) is 23.7. The van der Waals surface area contributed by atoms with Crippen LogP contribution in [0, 0.1) is 12.8 Å². The minimum absolute atomic E-state index is 0.166. The highest BCUT2D eigenvalue weighted by Gasteiger charge is 2.43. The maximum Gasteiger partial charge on any atom is 0.307 e. The van der Waals surface area contributed by atoms with E-state index in [1.165, 1.54) is 38.9 Å². The Morgan fingerprint density at radius 3 is 2.41 bits per heavy atom. The van der Waals surface area contributed by atoms with Crippen LogP contribution in [0.3, 0.4) is 0 Å². The number of ether oxygens (including phenoxy) is 1. The van der Waals surface area contributed by atoms with Crippen LogP contribution < -0.4 is 4.74 Å². The van der Waals surface area contributed by atoms with E-state index in [0.717, 1.165) is 49.8 Å². The molecule has 0 heterocycles. The van der Waals surface area contributed by atoms with Crippen LogP contribution in [0.15, 0.2) is 54.6 Å². The summed E-state index contributed by atoms with van der Waals surface area (Å²) >= 11 is 0. The molecule has 0 aromatic heterocycles. The first-order chi connectivity index (χ1) is 18.7. The maximum absolute atomic E-state index is 11.8. The molecule has 2 aliphatic carbocycles. The van der Waals surface area contributed by atoms with Gasteiger partial charge in [-0.05, 0) is 114 Å². The summed E-state index contributed by atoms with van der Waals surface area (Å²) in [5, 5.41) is 9.19. The van der Waals surface area contributed by atoms with Crippen LogP contribution >= 0.6 is 0 Å². The third kappa shape index (κ3) is 6.55. The number of carbonyl (C=O) groups is 1. The van der Waals surface area contributed by atoms with Crippen molar-refractivity contribution in [2.75, 3.05) is 18.1 Å². The fraction of sp³-hybridized carbons (Fsp3) is 0.424. The standard InChI is InChI=1S/C33H38O5S/c1-3-39(36,37)17-5-16-38-28-18-22(2)32-27(20-28)7-4-6-25-15-12-24(19-30(25)32)9-8-23-10-13-26(14-11-23)29-21-31(29)33(34)35/h10-15,18-20,29,31H,3-9,16-17,21H2,1-2H3,(H,34,35)/t29-,31+/m1/s1. The third-order valence-corrected chi connectivity index (χ3v) is 10.0. The molecule has 5 nitrogen and oxygen atoms in total. The number of carboxylic acids is 1. The molecule has 3 aromatic carbocycles. The van der Waals surface area contributed by atoms with Crippen molar-refractivity contribution in [2.45, 2.75) is 64.7 Å². The van der Waals surface area contributed by atoms with E-state index in [2.05, 4.69) is 61.5 Å². The van der Waals surface area contributed by atoms with Crippen LogP contribution in [0.2, 0.25) is 0 Å². The van der Waals surface area contributed by atoms with Crippen LogP contribution in [-0.2, 0) is 40.3 Å². The number of aryl methyl sites for hydroxylation is 5. The summed E-state index contributed by atoms with van der Waals surface area (Å²) in [5.74, 6) is 0.437. The average Bonchev–Trinajstić information content (AvgIpc) is 3.74. The highest BCUT2D eigenvalue weighted by Crippen LogP contribution is 2.47. The Bertz CT molecular complexity index is 1460. The summed E-state index contributed by atoms with van der Waals surface area (Å²) in [7, 11) is -2.97. The van der Waals surface area contributed by atoms with Gasteiger partial charge in [-0.3, -0.25) is 4.79 Å². The highest BCUT2D eigenvalue weighted by atomic mass is 32.2. The Morgan fingerprint density at radius 2 is 1.69 bits per heavy atom. The second kappa shape index (κ2) is 11.5. The van der Waals surface area contributed by atoms with E-state index in [1.807, 2.05) is 0 Å². The zero-order valence-electron chi connectivity index (χ0n) is 22.9. The lowest BCUT2D eigenvalue weighted by Gasteiger charge is -2.17. The van der Waals surface area contributed by atoms with Gasteiger partial charge in [0, 0.05) is 5.75 Å². The van der Waals surface area contributed by atoms with E-state index in [-0.39, 0.29) is 23.3 Å². The molecule has 1 saturated carbocycles. The lowest BCUT2D eigenvalue weighted by atomic mass is 9.90. The Morgan fingerprint density at radius 1 is 0.974 bits per heavy atom. The molecule has 0 radical (unpaired) electrons. The molecule has 0 unspecified atom stereocenters. The summed E-state index contributed by atoms with van der Waals surface area (Å²) in [6.45, 7) is 4.23. The lowest BCUT2D eigenvalue weighted by Crippen LogP contribution is -2.12. The molecule has 2 aliphatic rings.